The summed E-state index contributed by atoms with van der Waals surface area (Å²) < 4.78 is 1.77. The summed E-state index contributed by atoms with van der Waals surface area (Å²) in [5.74, 6) is 0. The number of aliphatic hydroxyl groups excluding tert-OH is 1. The molecule has 3 aromatic carbocycles. The van der Waals surface area contributed by atoms with Gasteiger partial charge >= 0.3 is 6.03 Å². The minimum absolute atomic E-state index is 0.0325. The highest BCUT2D eigenvalue weighted by Crippen LogP contribution is 2.26. The molecule has 3 aromatic rings. The molecule has 1 unspecified atom stereocenters. The van der Waals surface area contributed by atoms with Gasteiger partial charge in [-0.05, 0) is 72.3 Å². The molecule has 0 aliphatic heterocycles. The number of amides is 2. The molecule has 1 atom stereocenters. The SMILES string of the molecule is N#Cc1cc(Cl)cc(C(O)CN(C(=O)Nc2ccc(Br)cc2)c2ccc(Br)cc2)c1. The maximum atomic E-state index is 13.0. The molecule has 0 bridgehead atoms. The van der Waals surface area contributed by atoms with Crippen LogP contribution in [0.25, 0.3) is 0 Å². The third-order valence-corrected chi connectivity index (χ3v) is 5.54. The lowest BCUT2D eigenvalue weighted by atomic mass is 10.1. The van der Waals surface area contributed by atoms with Crippen LogP contribution in [0, 0.1) is 11.3 Å². The Morgan fingerprint density at radius 2 is 1.67 bits per heavy atom. The summed E-state index contributed by atoms with van der Waals surface area (Å²) in [5.41, 5.74) is 2.02. The Labute approximate surface area is 196 Å². The van der Waals surface area contributed by atoms with Crippen LogP contribution >= 0.6 is 43.5 Å². The lowest BCUT2D eigenvalue weighted by Crippen LogP contribution is -2.38. The normalized spacial score (nSPS) is 11.4. The van der Waals surface area contributed by atoms with E-state index in [4.69, 9.17) is 16.9 Å². The zero-order chi connectivity index (χ0) is 21.7. The molecule has 0 spiro atoms. The average Bonchev–Trinajstić information content (AvgIpc) is 2.73. The van der Waals surface area contributed by atoms with Gasteiger partial charge in [-0.15, -0.1) is 0 Å². The molecule has 5 nitrogen and oxygen atoms in total. The molecule has 0 radical (unpaired) electrons. The van der Waals surface area contributed by atoms with Crippen molar-refractivity contribution in [3.05, 3.63) is 91.8 Å². The topological polar surface area (TPSA) is 76.4 Å². The third-order valence-electron chi connectivity index (χ3n) is 4.27. The molecule has 0 aliphatic rings. The molecule has 0 saturated heterocycles. The number of carbonyl (C=O) groups excluding carboxylic acids is 1. The van der Waals surface area contributed by atoms with Crippen LogP contribution in [0.5, 0.6) is 0 Å². The first-order valence-electron chi connectivity index (χ1n) is 8.84. The average molecular weight is 550 g/mol. The fourth-order valence-electron chi connectivity index (χ4n) is 2.80. The smallest absolute Gasteiger partial charge is 0.326 e. The molecule has 0 aliphatic carbocycles. The Morgan fingerprint density at radius 3 is 2.27 bits per heavy atom. The molecule has 2 amide bonds. The van der Waals surface area contributed by atoms with Gasteiger partial charge in [-0.2, -0.15) is 5.26 Å². The van der Waals surface area contributed by atoms with E-state index in [1.807, 2.05) is 30.3 Å². The Hall–Kier alpha value is -2.37. The third kappa shape index (κ3) is 5.83. The number of benzene rings is 3. The first-order chi connectivity index (χ1) is 14.4. The standard InChI is InChI=1S/C22H16Br2ClN3O2/c23-16-1-5-19(6-2-16)27-22(30)28(20-7-3-17(24)4-8-20)13-21(29)15-9-14(12-26)10-18(25)11-15/h1-11,21,29H,13H2,(H,27,30). The Kier molecular flexibility index (Phi) is 7.51. The van der Waals surface area contributed by atoms with Gasteiger partial charge in [0.15, 0.2) is 0 Å². The van der Waals surface area contributed by atoms with Crippen LogP contribution < -0.4 is 10.2 Å². The highest BCUT2D eigenvalue weighted by molar-refractivity contribution is 9.10. The number of nitriles is 1. The monoisotopic (exact) mass is 547 g/mol. The zero-order valence-electron chi connectivity index (χ0n) is 15.5. The van der Waals surface area contributed by atoms with Crippen LogP contribution in [0.3, 0.4) is 0 Å². The van der Waals surface area contributed by atoms with E-state index in [9.17, 15) is 9.90 Å². The number of nitrogens with zero attached hydrogens (tertiary/aromatic N) is 2. The minimum Gasteiger partial charge on any atom is -0.387 e. The molecular formula is C22H16Br2ClN3O2. The van der Waals surface area contributed by atoms with Crippen molar-refractivity contribution >= 4 is 60.9 Å². The highest BCUT2D eigenvalue weighted by Gasteiger charge is 2.21. The van der Waals surface area contributed by atoms with Crippen LogP contribution in [-0.2, 0) is 0 Å². The van der Waals surface area contributed by atoms with Crippen molar-refractivity contribution in [3.8, 4) is 6.07 Å². The van der Waals surface area contributed by atoms with E-state index in [2.05, 4.69) is 37.2 Å². The van der Waals surface area contributed by atoms with Gasteiger partial charge in [-0.3, -0.25) is 4.90 Å². The molecule has 0 saturated carbocycles. The van der Waals surface area contributed by atoms with Crippen molar-refractivity contribution in [3.63, 3.8) is 0 Å². The lowest BCUT2D eigenvalue weighted by molar-refractivity contribution is 0.183. The summed E-state index contributed by atoms with van der Waals surface area (Å²) in [5, 5.41) is 23.1. The predicted molar refractivity (Wildman–Crippen MR) is 126 cm³/mol. The van der Waals surface area contributed by atoms with E-state index in [0.717, 1.165) is 8.95 Å². The van der Waals surface area contributed by atoms with Crippen molar-refractivity contribution in [1.82, 2.24) is 0 Å². The molecule has 0 aromatic heterocycles. The van der Waals surface area contributed by atoms with E-state index < -0.39 is 12.1 Å². The van der Waals surface area contributed by atoms with Crippen molar-refractivity contribution in [2.45, 2.75) is 6.10 Å². The van der Waals surface area contributed by atoms with Crippen molar-refractivity contribution < 1.29 is 9.90 Å². The van der Waals surface area contributed by atoms with Gasteiger partial charge in [0.2, 0.25) is 0 Å². The fraction of sp³-hybridized carbons (Fsp3) is 0.0909. The fourth-order valence-corrected chi connectivity index (χ4v) is 3.57. The van der Waals surface area contributed by atoms with Gasteiger partial charge in [0, 0.05) is 25.3 Å². The summed E-state index contributed by atoms with van der Waals surface area (Å²) in [6.07, 6.45) is -1.05. The van der Waals surface area contributed by atoms with Crippen molar-refractivity contribution in [1.29, 1.82) is 5.26 Å². The maximum absolute atomic E-state index is 13.0. The molecule has 2 N–H and O–H groups in total. The van der Waals surface area contributed by atoms with Crippen LogP contribution in [0.2, 0.25) is 5.02 Å². The van der Waals surface area contributed by atoms with E-state index in [1.54, 1.807) is 36.4 Å². The Morgan fingerprint density at radius 1 is 1.07 bits per heavy atom. The number of anilines is 2. The van der Waals surface area contributed by atoms with Gasteiger partial charge in [-0.1, -0.05) is 43.5 Å². The van der Waals surface area contributed by atoms with E-state index >= 15 is 0 Å². The van der Waals surface area contributed by atoms with Crippen LogP contribution in [0.15, 0.2) is 75.7 Å². The number of aliphatic hydroxyl groups is 1. The molecule has 152 valence electrons. The second kappa shape index (κ2) is 10.1. The van der Waals surface area contributed by atoms with E-state index in [0.29, 0.717) is 27.5 Å². The molecule has 30 heavy (non-hydrogen) atoms. The molecule has 0 fully saturated rings. The summed E-state index contributed by atoms with van der Waals surface area (Å²) in [4.78, 5) is 14.5. The first kappa shape index (κ1) is 22.3. The number of hydrogen-bond donors (Lipinski definition) is 2. The van der Waals surface area contributed by atoms with Crippen LogP contribution in [0.1, 0.15) is 17.2 Å². The number of nitrogens with one attached hydrogen (secondary N) is 1. The van der Waals surface area contributed by atoms with Crippen molar-refractivity contribution in [2.75, 3.05) is 16.8 Å². The Bertz CT molecular complexity index is 1080. The highest BCUT2D eigenvalue weighted by atomic mass is 79.9. The number of hydrogen-bond acceptors (Lipinski definition) is 3. The van der Waals surface area contributed by atoms with Crippen LogP contribution in [-0.4, -0.2) is 17.7 Å². The zero-order valence-corrected chi connectivity index (χ0v) is 19.4. The summed E-state index contributed by atoms with van der Waals surface area (Å²) >= 11 is 12.8. The molecule has 8 heteroatoms. The van der Waals surface area contributed by atoms with Gasteiger partial charge < -0.3 is 10.4 Å². The number of halogens is 3. The predicted octanol–water partition coefficient (Wildman–Crippen LogP) is 6.51. The lowest BCUT2D eigenvalue weighted by Gasteiger charge is -2.26. The van der Waals surface area contributed by atoms with E-state index in [-0.39, 0.29) is 6.54 Å². The molecule has 0 heterocycles. The summed E-state index contributed by atoms with van der Waals surface area (Å²) in [7, 11) is 0. The Balaban J connectivity index is 1.88. The minimum atomic E-state index is -1.05. The molecular weight excluding hydrogens is 534 g/mol. The van der Waals surface area contributed by atoms with Gasteiger partial charge in [0.25, 0.3) is 0 Å². The van der Waals surface area contributed by atoms with Gasteiger partial charge in [0.1, 0.15) is 0 Å². The maximum Gasteiger partial charge on any atom is 0.326 e. The second-order valence-corrected chi connectivity index (χ2v) is 8.69. The van der Waals surface area contributed by atoms with Crippen molar-refractivity contribution in [2.24, 2.45) is 0 Å². The largest absolute Gasteiger partial charge is 0.387 e. The second-order valence-electron chi connectivity index (χ2n) is 6.42. The summed E-state index contributed by atoms with van der Waals surface area (Å²) in [6, 6.07) is 20.6. The number of urea groups is 1. The van der Waals surface area contributed by atoms with E-state index in [1.165, 1.54) is 11.0 Å². The first-order valence-corrected chi connectivity index (χ1v) is 10.8. The van der Waals surface area contributed by atoms with Gasteiger partial charge in [0.05, 0.1) is 24.3 Å². The summed E-state index contributed by atoms with van der Waals surface area (Å²) in [6.45, 7) is -0.0325. The van der Waals surface area contributed by atoms with Gasteiger partial charge in [-0.25, -0.2) is 4.79 Å². The van der Waals surface area contributed by atoms with Crippen LogP contribution in [0.4, 0.5) is 16.2 Å². The number of rotatable bonds is 5. The number of carbonyl (C=O) groups is 1. The molecule has 3 rings (SSSR count). The quantitative estimate of drug-likeness (QED) is 0.381.